The van der Waals surface area contributed by atoms with Crippen molar-refractivity contribution in [1.82, 2.24) is 4.90 Å². The summed E-state index contributed by atoms with van der Waals surface area (Å²) in [5.41, 5.74) is 0.0676. The maximum atomic E-state index is 12.3. The summed E-state index contributed by atoms with van der Waals surface area (Å²) in [6.45, 7) is 0.687. The molecule has 2 rings (SSSR count). The highest BCUT2D eigenvalue weighted by atomic mass is 79.9. The van der Waals surface area contributed by atoms with Crippen LogP contribution in [0.4, 0.5) is 5.69 Å². The van der Waals surface area contributed by atoms with Gasteiger partial charge in [0.25, 0.3) is 11.6 Å². The second-order valence-electron chi connectivity index (χ2n) is 4.86. The van der Waals surface area contributed by atoms with Gasteiger partial charge in [-0.3, -0.25) is 19.7 Å². The molecule has 0 saturated carbocycles. The van der Waals surface area contributed by atoms with Crippen molar-refractivity contribution in [2.24, 2.45) is 5.92 Å². The van der Waals surface area contributed by atoms with Gasteiger partial charge in [-0.2, -0.15) is 0 Å². The van der Waals surface area contributed by atoms with Crippen LogP contribution < -0.4 is 0 Å². The van der Waals surface area contributed by atoms with Crippen LogP contribution in [0, 0.1) is 16.0 Å². The van der Waals surface area contributed by atoms with Gasteiger partial charge in [-0.05, 0) is 18.9 Å². The molecule has 21 heavy (non-hydrogen) atoms. The minimum Gasteiger partial charge on any atom is -0.481 e. The molecule has 1 aliphatic heterocycles. The Morgan fingerprint density at radius 3 is 2.43 bits per heavy atom. The second kappa shape index (κ2) is 6.21. The number of rotatable bonds is 3. The average molecular weight is 357 g/mol. The summed E-state index contributed by atoms with van der Waals surface area (Å²) >= 11 is 3.15. The van der Waals surface area contributed by atoms with Crippen molar-refractivity contribution in [1.29, 1.82) is 0 Å². The molecule has 1 amide bonds. The molecular weight excluding hydrogens is 344 g/mol. The lowest BCUT2D eigenvalue weighted by molar-refractivity contribution is -0.385. The third-order valence-electron chi connectivity index (χ3n) is 3.47. The number of carbonyl (C=O) groups is 2. The molecule has 1 saturated heterocycles. The van der Waals surface area contributed by atoms with Crippen molar-refractivity contribution in [3.63, 3.8) is 0 Å². The first-order valence-electron chi connectivity index (χ1n) is 6.35. The van der Waals surface area contributed by atoms with Crippen LogP contribution in [-0.4, -0.2) is 39.9 Å². The molecule has 0 radical (unpaired) electrons. The largest absolute Gasteiger partial charge is 0.481 e. The molecule has 1 aliphatic rings. The van der Waals surface area contributed by atoms with Gasteiger partial charge in [0, 0.05) is 35.3 Å². The first kappa shape index (κ1) is 15.4. The molecule has 1 heterocycles. The first-order chi connectivity index (χ1) is 9.88. The topological polar surface area (TPSA) is 101 Å². The number of carbonyl (C=O) groups excluding carboxylic acids is 1. The van der Waals surface area contributed by atoms with Gasteiger partial charge in [-0.25, -0.2) is 0 Å². The van der Waals surface area contributed by atoms with Crippen molar-refractivity contribution < 1.29 is 19.6 Å². The smallest absolute Gasteiger partial charge is 0.306 e. The van der Waals surface area contributed by atoms with Crippen molar-refractivity contribution in [3.05, 3.63) is 38.3 Å². The van der Waals surface area contributed by atoms with E-state index < -0.39 is 16.8 Å². The predicted molar refractivity (Wildman–Crippen MR) is 77.1 cm³/mol. The van der Waals surface area contributed by atoms with Crippen LogP contribution in [0.5, 0.6) is 0 Å². The fourth-order valence-corrected chi connectivity index (χ4v) is 2.80. The Bertz CT molecular complexity index is 596. The van der Waals surface area contributed by atoms with Gasteiger partial charge >= 0.3 is 5.97 Å². The summed E-state index contributed by atoms with van der Waals surface area (Å²) in [5.74, 6) is -1.59. The number of nitro groups is 1. The van der Waals surface area contributed by atoms with Crippen LogP contribution in [0.25, 0.3) is 0 Å². The van der Waals surface area contributed by atoms with Gasteiger partial charge in [0.1, 0.15) is 0 Å². The molecular formula is C13H13BrN2O5. The summed E-state index contributed by atoms with van der Waals surface area (Å²) in [4.78, 5) is 35.0. The van der Waals surface area contributed by atoms with Crippen molar-refractivity contribution >= 4 is 33.5 Å². The summed E-state index contributed by atoms with van der Waals surface area (Å²) in [5, 5.41) is 19.7. The van der Waals surface area contributed by atoms with E-state index >= 15 is 0 Å². The average Bonchev–Trinajstić information content (AvgIpc) is 2.45. The Kier molecular flexibility index (Phi) is 4.56. The molecule has 0 spiro atoms. The summed E-state index contributed by atoms with van der Waals surface area (Å²) in [6, 6.07) is 4.09. The SMILES string of the molecule is O=C(O)C1CCN(C(=O)c2cc(Br)cc([N+](=O)[O-])c2)CC1. The summed E-state index contributed by atoms with van der Waals surface area (Å²) < 4.78 is 0.459. The number of carboxylic acid groups (broad SMARTS) is 1. The van der Waals surface area contributed by atoms with E-state index in [1.54, 1.807) is 0 Å². The number of hydrogen-bond acceptors (Lipinski definition) is 4. The normalized spacial score (nSPS) is 15.8. The molecule has 0 aromatic heterocycles. The Morgan fingerprint density at radius 1 is 1.29 bits per heavy atom. The standard InChI is InChI=1S/C13H13BrN2O5/c14-10-5-9(6-11(7-10)16(20)21)12(17)15-3-1-8(2-4-15)13(18)19/h5-8H,1-4H2,(H,18,19). The fraction of sp³-hybridized carbons (Fsp3) is 0.385. The minimum atomic E-state index is -0.847. The van der Waals surface area contributed by atoms with E-state index in [0.29, 0.717) is 30.4 Å². The number of non-ortho nitro benzene ring substituents is 1. The van der Waals surface area contributed by atoms with E-state index in [2.05, 4.69) is 15.9 Å². The van der Waals surface area contributed by atoms with Crippen molar-refractivity contribution in [2.45, 2.75) is 12.8 Å². The predicted octanol–water partition coefficient (Wildman–Crippen LogP) is 2.29. The van der Waals surface area contributed by atoms with Crippen LogP contribution in [0.15, 0.2) is 22.7 Å². The summed E-state index contributed by atoms with van der Waals surface area (Å²) in [7, 11) is 0. The van der Waals surface area contributed by atoms with Gasteiger partial charge in [-0.1, -0.05) is 15.9 Å². The highest BCUT2D eigenvalue weighted by molar-refractivity contribution is 9.10. The zero-order valence-corrected chi connectivity index (χ0v) is 12.6. The lowest BCUT2D eigenvalue weighted by atomic mass is 9.96. The summed E-state index contributed by atoms with van der Waals surface area (Å²) in [6.07, 6.45) is 0.800. The second-order valence-corrected chi connectivity index (χ2v) is 5.78. The maximum absolute atomic E-state index is 12.3. The molecule has 0 bridgehead atoms. The Hall–Kier alpha value is -1.96. The van der Waals surface area contributed by atoms with Gasteiger partial charge in [0.15, 0.2) is 0 Å². The lowest BCUT2D eigenvalue weighted by Crippen LogP contribution is -2.40. The van der Waals surface area contributed by atoms with E-state index in [1.165, 1.54) is 23.1 Å². The Labute approximate surface area is 128 Å². The number of benzene rings is 1. The van der Waals surface area contributed by atoms with Crippen LogP contribution >= 0.6 is 15.9 Å². The van der Waals surface area contributed by atoms with E-state index in [4.69, 9.17) is 5.11 Å². The monoisotopic (exact) mass is 356 g/mol. The molecule has 8 heteroatoms. The number of amides is 1. The molecule has 112 valence electrons. The quantitative estimate of drug-likeness (QED) is 0.661. The number of likely N-dealkylation sites (tertiary alicyclic amines) is 1. The number of piperidine rings is 1. The third kappa shape index (κ3) is 3.57. The van der Waals surface area contributed by atoms with Gasteiger partial charge in [0.05, 0.1) is 10.8 Å². The zero-order valence-electron chi connectivity index (χ0n) is 11.0. The van der Waals surface area contributed by atoms with Crippen LogP contribution in [0.3, 0.4) is 0 Å². The zero-order chi connectivity index (χ0) is 15.6. The minimum absolute atomic E-state index is 0.159. The van der Waals surface area contributed by atoms with Gasteiger partial charge in [0.2, 0.25) is 0 Å². The number of carboxylic acids is 1. The maximum Gasteiger partial charge on any atom is 0.306 e. The lowest BCUT2D eigenvalue weighted by Gasteiger charge is -2.30. The molecule has 0 atom stereocenters. The van der Waals surface area contributed by atoms with Crippen molar-refractivity contribution in [3.8, 4) is 0 Å². The number of hydrogen-bond donors (Lipinski definition) is 1. The van der Waals surface area contributed by atoms with Gasteiger partial charge < -0.3 is 10.0 Å². The molecule has 1 N–H and O–H groups in total. The van der Waals surface area contributed by atoms with Crippen LogP contribution in [-0.2, 0) is 4.79 Å². The van der Waals surface area contributed by atoms with Crippen LogP contribution in [0.1, 0.15) is 23.2 Å². The molecule has 1 aromatic rings. The number of halogens is 1. The number of nitro benzene ring substituents is 1. The third-order valence-corrected chi connectivity index (χ3v) is 3.93. The Morgan fingerprint density at radius 2 is 1.90 bits per heavy atom. The molecule has 1 aromatic carbocycles. The molecule has 7 nitrogen and oxygen atoms in total. The van der Waals surface area contributed by atoms with E-state index in [0.717, 1.165) is 0 Å². The molecule has 0 aliphatic carbocycles. The van der Waals surface area contributed by atoms with Crippen LogP contribution in [0.2, 0.25) is 0 Å². The molecule has 1 fully saturated rings. The first-order valence-corrected chi connectivity index (χ1v) is 7.15. The molecule has 0 unspecified atom stereocenters. The Balaban J connectivity index is 2.14. The fourth-order valence-electron chi connectivity index (χ4n) is 2.32. The van der Waals surface area contributed by atoms with E-state index in [1.807, 2.05) is 0 Å². The van der Waals surface area contributed by atoms with E-state index in [9.17, 15) is 19.7 Å². The van der Waals surface area contributed by atoms with Crippen molar-refractivity contribution in [2.75, 3.05) is 13.1 Å². The number of nitrogens with zero attached hydrogens (tertiary/aromatic N) is 2. The highest BCUT2D eigenvalue weighted by Gasteiger charge is 2.28. The highest BCUT2D eigenvalue weighted by Crippen LogP contribution is 2.24. The van der Waals surface area contributed by atoms with E-state index in [-0.39, 0.29) is 17.2 Å². The van der Waals surface area contributed by atoms with Gasteiger partial charge in [-0.15, -0.1) is 0 Å². The number of aliphatic carboxylic acids is 1.